The summed E-state index contributed by atoms with van der Waals surface area (Å²) in [6.07, 6.45) is 2.23. The lowest BCUT2D eigenvalue weighted by molar-refractivity contribution is -0.142. The van der Waals surface area contributed by atoms with Crippen molar-refractivity contribution in [1.82, 2.24) is 30.2 Å². The number of anilines is 2. The Morgan fingerprint density at radius 1 is 1.07 bits per heavy atom. The fraction of sp³-hybridized carbons (Fsp3) is 0.634. The van der Waals surface area contributed by atoms with Gasteiger partial charge in [0.15, 0.2) is 0 Å². The van der Waals surface area contributed by atoms with Crippen LogP contribution in [-0.4, -0.2) is 88.9 Å². The van der Waals surface area contributed by atoms with Gasteiger partial charge in [-0.05, 0) is 81.0 Å². The number of hydrogen-bond donors (Lipinski definition) is 4. The summed E-state index contributed by atoms with van der Waals surface area (Å²) in [7, 11) is -3.64. The molecule has 0 spiro atoms. The zero-order valence-corrected chi connectivity index (χ0v) is 35.9. The zero-order chi connectivity index (χ0) is 43.6. The van der Waals surface area contributed by atoms with E-state index in [2.05, 4.69) is 37.2 Å². The van der Waals surface area contributed by atoms with Crippen molar-refractivity contribution in [1.29, 1.82) is 0 Å². The standard InChI is InChI=1S/C41H55ClF3N7O7S/c1-6-8-13-31(51-60(56,57)29-18-19-29)40(22-24(40)7-2)50-35(53)30-20-28(23-52(30)36(54)34(39(3,4)5)49-38(55)59-27-11-9-10-12-27)58-33-21-32(42)47-37(48-33)46-26-16-14-25(15-17-26)41(43,44)45/h7,14-17,21,24,27-31,34,51H,2,6,8-13,18-20,22-23H2,1,3-5H3,(H,49,55)(H,50,53)(H,46,47,48)/t24-,28-,30+,31?,34-,40-/m1/s1. The van der Waals surface area contributed by atoms with Crippen LogP contribution < -0.4 is 25.4 Å². The van der Waals surface area contributed by atoms with Crippen molar-refractivity contribution in [2.45, 2.75) is 146 Å². The molecule has 3 amide bonds. The molecule has 60 heavy (non-hydrogen) atoms. The van der Waals surface area contributed by atoms with Gasteiger partial charge >= 0.3 is 12.3 Å². The molecule has 1 aliphatic heterocycles. The Morgan fingerprint density at radius 2 is 1.75 bits per heavy atom. The molecule has 3 saturated carbocycles. The molecular formula is C41H55ClF3N7O7S. The molecule has 1 aromatic carbocycles. The SMILES string of the molecule is C=C[C@@H]1C[C@]1(NC(=O)[C@@H]1C[C@@H](Oc2cc(Cl)nc(Nc3ccc(C(F)(F)F)cc3)n2)CN1C(=O)[C@@H](NC(=O)OC1CCCC1)C(C)(C)C)C(CCCC)NS(=O)(=O)C1CC1. The second-order valence-corrected chi connectivity index (χ2v) is 19.8. The van der Waals surface area contributed by atoms with Crippen LogP contribution in [0.4, 0.5) is 29.6 Å². The van der Waals surface area contributed by atoms with E-state index >= 15 is 0 Å². The average Bonchev–Trinajstić information content (AvgIpc) is 4.05. The molecule has 1 saturated heterocycles. The predicted molar refractivity (Wildman–Crippen MR) is 219 cm³/mol. The van der Waals surface area contributed by atoms with E-state index in [1.54, 1.807) is 26.8 Å². The highest BCUT2D eigenvalue weighted by Crippen LogP contribution is 2.49. The summed E-state index contributed by atoms with van der Waals surface area (Å²) in [5.74, 6) is -1.43. The third-order valence-corrected chi connectivity index (χ3v) is 13.8. The molecule has 2 aromatic rings. The van der Waals surface area contributed by atoms with Gasteiger partial charge in [0.2, 0.25) is 33.7 Å². The van der Waals surface area contributed by atoms with Gasteiger partial charge in [0.05, 0.1) is 22.9 Å². The van der Waals surface area contributed by atoms with E-state index in [4.69, 9.17) is 21.1 Å². The first kappa shape index (κ1) is 45.4. The molecule has 2 heterocycles. The first-order valence-corrected chi connectivity index (χ1v) is 22.5. The first-order chi connectivity index (χ1) is 28.2. The van der Waals surface area contributed by atoms with Gasteiger partial charge in [-0.3, -0.25) is 9.59 Å². The second-order valence-electron chi connectivity index (χ2n) is 17.4. The number of nitrogens with one attached hydrogen (secondary N) is 4. The van der Waals surface area contributed by atoms with E-state index in [1.807, 2.05) is 6.92 Å². The third-order valence-electron chi connectivity index (χ3n) is 11.7. The van der Waals surface area contributed by atoms with E-state index in [-0.39, 0.29) is 47.7 Å². The molecule has 4 fully saturated rings. The van der Waals surface area contributed by atoms with Gasteiger partial charge in [-0.25, -0.2) is 22.9 Å². The highest BCUT2D eigenvalue weighted by Gasteiger charge is 2.61. The maximum Gasteiger partial charge on any atom is 0.416 e. The molecule has 1 unspecified atom stereocenters. The number of benzene rings is 1. The zero-order valence-electron chi connectivity index (χ0n) is 34.3. The summed E-state index contributed by atoms with van der Waals surface area (Å²) >= 11 is 6.33. The summed E-state index contributed by atoms with van der Waals surface area (Å²) < 4.78 is 80.8. The highest BCUT2D eigenvalue weighted by atomic mass is 35.5. The second kappa shape index (κ2) is 18.1. The van der Waals surface area contributed by atoms with E-state index in [0.29, 0.717) is 32.1 Å². The van der Waals surface area contributed by atoms with Crippen molar-refractivity contribution in [3.63, 3.8) is 0 Å². The number of likely N-dealkylation sites (tertiary alicyclic amines) is 1. The van der Waals surface area contributed by atoms with Gasteiger partial charge in [-0.15, -0.1) is 6.58 Å². The Morgan fingerprint density at radius 3 is 2.33 bits per heavy atom. The third kappa shape index (κ3) is 11.0. The molecule has 3 aliphatic carbocycles. The lowest BCUT2D eigenvalue weighted by atomic mass is 9.85. The van der Waals surface area contributed by atoms with Gasteiger partial charge < -0.3 is 30.3 Å². The maximum absolute atomic E-state index is 14.7. The fourth-order valence-corrected chi connectivity index (χ4v) is 9.95. The van der Waals surface area contributed by atoms with Crippen molar-refractivity contribution < 1.29 is 45.4 Å². The highest BCUT2D eigenvalue weighted by molar-refractivity contribution is 7.90. The van der Waals surface area contributed by atoms with Gasteiger partial charge in [-0.1, -0.05) is 58.2 Å². The van der Waals surface area contributed by atoms with Crippen LogP contribution in [0.3, 0.4) is 0 Å². The van der Waals surface area contributed by atoms with Crippen LogP contribution in [0.15, 0.2) is 43.0 Å². The molecular weight excluding hydrogens is 827 g/mol. The van der Waals surface area contributed by atoms with Gasteiger partial charge in [0.25, 0.3) is 0 Å². The van der Waals surface area contributed by atoms with Gasteiger partial charge in [0.1, 0.15) is 29.4 Å². The minimum Gasteiger partial charge on any atom is -0.472 e. The summed E-state index contributed by atoms with van der Waals surface area (Å²) in [5.41, 5.74) is -2.40. The van der Waals surface area contributed by atoms with Gasteiger partial charge in [0, 0.05) is 30.1 Å². The number of unbranched alkanes of at least 4 members (excludes halogenated alkanes) is 1. The Bertz CT molecular complexity index is 2010. The molecule has 330 valence electrons. The Hall–Kier alpha value is -4.16. The number of amides is 3. The maximum atomic E-state index is 14.7. The van der Waals surface area contributed by atoms with Crippen LogP contribution in [0.1, 0.15) is 104 Å². The van der Waals surface area contributed by atoms with Crippen molar-refractivity contribution in [2.75, 3.05) is 11.9 Å². The van der Waals surface area contributed by atoms with Crippen LogP contribution in [0.5, 0.6) is 5.88 Å². The van der Waals surface area contributed by atoms with Crippen LogP contribution in [-0.2, 0) is 30.5 Å². The molecule has 19 heteroatoms. The minimum atomic E-state index is -4.52. The number of rotatable bonds is 17. The van der Waals surface area contributed by atoms with Crippen molar-refractivity contribution in [3.8, 4) is 5.88 Å². The predicted octanol–water partition coefficient (Wildman–Crippen LogP) is 7.03. The Kier molecular flexibility index (Phi) is 13.7. The molecule has 6 atom stereocenters. The summed E-state index contributed by atoms with van der Waals surface area (Å²) in [5, 5.41) is 8.24. The number of alkyl carbamates (subject to hydrolysis) is 1. The number of carbonyl (C=O) groups is 3. The molecule has 14 nitrogen and oxygen atoms in total. The number of nitrogens with zero attached hydrogens (tertiary/aromatic N) is 3. The Balaban J connectivity index is 1.27. The summed E-state index contributed by atoms with van der Waals surface area (Å²) in [4.78, 5) is 52.4. The van der Waals surface area contributed by atoms with Crippen LogP contribution in [0.2, 0.25) is 5.15 Å². The fourth-order valence-electron chi connectivity index (χ4n) is 8.10. The van der Waals surface area contributed by atoms with Gasteiger partial charge in [-0.2, -0.15) is 18.2 Å². The average molecular weight is 882 g/mol. The number of ether oxygens (including phenoxy) is 2. The van der Waals surface area contributed by atoms with Crippen LogP contribution in [0.25, 0.3) is 0 Å². The van der Waals surface area contributed by atoms with Crippen molar-refractivity contribution in [2.24, 2.45) is 11.3 Å². The first-order valence-electron chi connectivity index (χ1n) is 20.6. The molecule has 4 aliphatic rings. The van der Waals surface area contributed by atoms with Crippen LogP contribution in [0, 0.1) is 11.3 Å². The lowest BCUT2D eigenvalue weighted by Crippen LogP contribution is -2.61. The van der Waals surface area contributed by atoms with Crippen molar-refractivity contribution >= 4 is 51.2 Å². The molecule has 4 N–H and O–H groups in total. The quantitative estimate of drug-likeness (QED) is 0.0952. The van der Waals surface area contributed by atoms with Crippen LogP contribution >= 0.6 is 11.6 Å². The molecule has 0 bridgehead atoms. The number of halogens is 4. The largest absolute Gasteiger partial charge is 0.472 e. The lowest BCUT2D eigenvalue weighted by Gasteiger charge is -2.36. The molecule has 0 radical (unpaired) electrons. The summed E-state index contributed by atoms with van der Waals surface area (Å²) in [6.45, 7) is 11.2. The van der Waals surface area contributed by atoms with Crippen molar-refractivity contribution in [3.05, 3.63) is 53.7 Å². The van der Waals surface area contributed by atoms with E-state index < -0.39 is 80.1 Å². The topological polar surface area (TPSA) is 181 Å². The number of alkyl halides is 3. The number of aromatic nitrogens is 2. The van der Waals surface area contributed by atoms with E-state index in [0.717, 1.165) is 44.2 Å². The number of carbonyl (C=O) groups excluding carboxylic acids is 3. The smallest absolute Gasteiger partial charge is 0.416 e. The number of hydrogen-bond acceptors (Lipinski definition) is 10. The number of sulfonamides is 1. The van der Waals surface area contributed by atoms with E-state index in [9.17, 15) is 36.0 Å². The normalized spacial score (nSPS) is 24.3. The minimum absolute atomic E-state index is 0.0213. The summed E-state index contributed by atoms with van der Waals surface area (Å²) in [6, 6.07) is 2.71. The molecule has 6 rings (SSSR count). The molecule has 1 aromatic heterocycles. The van der Waals surface area contributed by atoms with E-state index in [1.165, 1.54) is 23.1 Å². The monoisotopic (exact) mass is 881 g/mol. The Labute approximate surface area is 354 Å².